The number of carbonyl (C=O) groups excluding carboxylic acids is 1. The van der Waals surface area contributed by atoms with Crippen LogP contribution >= 0.6 is 11.6 Å². The molecule has 2 aromatic rings. The fraction of sp³-hybridized carbons (Fsp3) is 0.500. The summed E-state index contributed by atoms with van der Waals surface area (Å²) in [5, 5.41) is 18.2. The zero-order valence-electron chi connectivity index (χ0n) is 14.9. The summed E-state index contributed by atoms with van der Waals surface area (Å²) in [6, 6.07) is 6.64. The number of likely N-dealkylation sites (tertiary alicyclic amines) is 1. The van der Waals surface area contributed by atoms with Crippen LogP contribution in [0, 0.1) is 0 Å². The predicted molar refractivity (Wildman–Crippen MR) is 96.8 cm³/mol. The third-order valence-electron chi connectivity index (χ3n) is 4.77. The van der Waals surface area contributed by atoms with Crippen molar-refractivity contribution in [3.8, 4) is 0 Å². The molecule has 1 aromatic heterocycles. The van der Waals surface area contributed by atoms with Gasteiger partial charge < -0.3 is 19.8 Å². The number of nitrogens with one attached hydrogen (secondary N) is 1. The summed E-state index contributed by atoms with van der Waals surface area (Å²) in [6.45, 7) is 4.66. The van der Waals surface area contributed by atoms with Crippen molar-refractivity contribution in [3.05, 3.63) is 46.6 Å². The molecule has 1 aliphatic heterocycles. The fourth-order valence-corrected chi connectivity index (χ4v) is 3.18. The number of aliphatic hydroxyl groups is 1. The van der Waals surface area contributed by atoms with Crippen molar-refractivity contribution in [2.45, 2.75) is 44.8 Å². The summed E-state index contributed by atoms with van der Waals surface area (Å²) < 4.78 is 5.16. The van der Waals surface area contributed by atoms with Crippen LogP contribution in [0.4, 0.5) is 4.79 Å². The maximum absolute atomic E-state index is 12.5. The number of hydrogen-bond acceptors (Lipinski definition) is 5. The highest BCUT2D eigenvalue weighted by Gasteiger charge is 2.35. The molecule has 140 valence electrons. The van der Waals surface area contributed by atoms with Gasteiger partial charge in [0.1, 0.15) is 6.04 Å². The van der Waals surface area contributed by atoms with Crippen LogP contribution in [0.15, 0.2) is 28.8 Å². The van der Waals surface area contributed by atoms with Crippen molar-refractivity contribution in [2.24, 2.45) is 0 Å². The number of rotatable bonds is 4. The van der Waals surface area contributed by atoms with Gasteiger partial charge in [-0.15, -0.1) is 0 Å². The van der Waals surface area contributed by atoms with E-state index >= 15 is 0 Å². The standard InChI is InChI=1S/C18H23ClN4O3/c1-3-15-21-16(26-22-15)12(2)20-17(24)23-10-8-18(25,9-11-23)13-4-6-14(19)7-5-13/h4-7,12,25H,3,8-11H2,1-2H3,(H,20,24)/t12-/m0/s1. The van der Waals surface area contributed by atoms with Gasteiger partial charge in [0, 0.05) is 24.5 Å². The molecular weight excluding hydrogens is 356 g/mol. The van der Waals surface area contributed by atoms with Gasteiger partial charge in [-0.05, 0) is 37.5 Å². The number of aryl methyl sites for hydroxylation is 1. The Hall–Kier alpha value is -2.12. The summed E-state index contributed by atoms with van der Waals surface area (Å²) in [4.78, 5) is 18.4. The van der Waals surface area contributed by atoms with E-state index in [4.69, 9.17) is 16.1 Å². The first kappa shape index (κ1) is 18.7. The number of piperidine rings is 1. The molecule has 2 heterocycles. The number of hydrogen-bond donors (Lipinski definition) is 2. The van der Waals surface area contributed by atoms with Gasteiger partial charge in [0.2, 0.25) is 5.89 Å². The Balaban J connectivity index is 1.57. The highest BCUT2D eigenvalue weighted by Crippen LogP contribution is 2.33. The highest BCUT2D eigenvalue weighted by molar-refractivity contribution is 6.30. The predicted octanol–water partition coefficient (Wildman–Crippen LogP) is 3.04. The summed E-state index contributed by atoms with van der Waals surface area (Å²) in [7, 11) is 0. The van der Waals surface area contributed by atoms with Gasteiger partial charge in [-0.25, -0.2) is 4.79 Å². The zero-order valence-corrected chi connectivity index (χ0v) is 15.7. The largest absolute Gasteiger partial charge is 0.385 e. The lowest BCUT2D eigenvalue weighted by molar-refractivity contribution is -0.0170. The van der Waals surface area contributed by atoms with Gasteiger partial charge in [0.25, 0.3) is 0 Å². The van der Waals surface area contributed by atoms with Crippen molar-refractivity contribution in [2.75, 3.05) is 13.1 Å². The van der Waals surface area contributed by atoms with Crippen molar-refractivity contribution in [1.29, 1.82) is 0 Å². The first-order chi connectivity index (χ1) is 12.4. The average Bonchev–Trinajstić information content (AvgIpc) is 3.12. The van der Waals surface area contributed by atoms with E-state index in [-0.39, 0.29) is 12.1 Å². The minimum Gasteiger partial charge on any atom is -0.385 e. The first-order valence-electron chi connectivity index (χ1n) is 8.77. The number of benzene rings is 1. The monoisotopic (exact) mass is 378 g/mol. The Morgan fingerprint density at radius 2 is 2.04 bits per heavy atom. The number of aromatic nitrogens is 2. The van der Waals surface area contributed by atoms with E-state index in [0.29, 0.717) is 49.1 Å². The quantitative estimate of drug-likeness (QED) is 0.853. The van der Waals surface area contributed by atoms with E-state index in [1.54, 1.807) is 24.0 Å². The Labute approximate surface area is 157 Å². The zero-order chi connectivity index (χ0) is 18.7. The number of halogens is 1. The molecule has 0 aliphatic carbocycles. The lowest BCUT2D eigenvalue weighted by Crippen LogP contribution is -2.49. The molecule has 0 spiro atoms. The van der Waals surface area contributed by atoms with E-state index in [0.717, 1.165) is 5.56 Å². The molecule has 7 nitrogen and oxygen atoms in total. The number of nitrogens with zero attached hydrogens (tertiary/aromatic N) is 3. The molecule has 1 atom stereocenters. The minimum absolute atomic E-state index is 0.202. The van der Waals surface area contributed by atoms with E-state index in [1.807, 2.05) is 19.1 Å². The molecule has 2 amide bonds. The molecule has 1 aliphatic rings. The second-order valence-corrected chi connectivity index (χ2v) is 7.04. The molecule has 0 saturated carbocycles. The second kappa shape index (κ2) is 7.63. The molecular formula is C18H23ClN4O3. The molecule has 2 N–H and O–H groups in total. The van der Waals surface area contributed by atoms with Gasteiger partial charge in [-0.2, -0.15) is 4.98 Å². The third-order valence-corrected chi connectivity index (χ3v) is 5.02. The lowest BCUT2D eigenvalue weighted by Gasteiger charge is -2.38. The molecule has 0 bridgehead atoms. The van der Waals surface area contributed by atoms with Crippen LogP contribution in [-0.2, 0) is 12.0 Å². The third kappa shape index (κ3) is 3.99. The summed E-state index contributed by atoms with van der Waals surface area (Å²) in [6.07, 6.45) is 1.62. The molecule has 1 saturated heterocycles. The first-order valence-corrected chi connectivity index (χ1v) is 9.15. The van der Waals surface area contributed by atoms with Gasteiger partial charge in [-0.3, -0.25) is 0 Å². The summed E-state index contributed by atoms with van der Waals surface area (Å²) >= 11 is 5.91. The molecule has 26 heavy (non-hydrogen) atoms. The smallest absolute Gasteiger partial charge is 0.318 e. The summed E-state index contributed by atoms with van der Waals surface area (Å²) in [5.74, 6) is 1.01. The van der Waals surface area contributed by atoms with Crippen LogP contribution < -0.4 is 5.32 Å². The Morgan fingerprint density at radius 3 is 2.62 bits per heavy atom. The topological polar surface area (TPSA) is 91.5 Å². The normalized spacial score (nSPS) is 17.8. The maximum atomic E-state index is 12.5. The minimum atomic E-state index is -0.935. The van der Waals surface area contributed by atoms with Crippen molar-refractivity contribution in [3.63, 3.8) is 0 Å². The van der Waals surface area contributed by atoms with E-state index in [1.165, 1.54) is 0 Å². The van der Waals surface area contributed by atoms with Crippen LogP contribution in [0.5, 0.6) is 0 Å². The molecule has 3 rings (SSSR count). The molecule has 8 heteroatoms. The van der Waals surface area contributed by atoms with Crippen molar-refractivity contribution < 1.29 is 14.4 Å². The second-order valence-electron chi connectivity index (χ2n) is 6.60. The van der Waals surface area contributed by atoms with Gasteiger partial charge >= 0.3 is 6.03 Å². The van der Waals surface area contributed by atoms with Crippen LogP contribution in [0.25, 0.3) is 0 Å². The Bertz CT molecular complexity index is 754. The van der Waals surface area contributed by atoms with Crippen LogP contribution in [0.3, 0.4) is 0 Å². The molecule has 1 fully saturated rings. The highest BCUT2D eigenvalue weighted by atomic mass is 35.5. The van der Waals surface area contributed by atoms with Crippen molar-refractivity contribution >= 4 is 17.6 Å². The van der Waals surface area contributed by atoms with E-state index in [2.05, 4.69) is 15.5 Å². The molecule has 1 aromatic carbocycles. The van der Waals surface area contributed by atoms with Crippen LogP contribution in [-0.4, -0.2) is 39.3 Å². The van der Waals surface area contributed by atoms with Gasteiger partial charge in [-0.1, -0.05) is 35.8 Å². The number of amides is 2. The lowest BCUT2D eigenvalue weighted by atomic mass is 9.84. The SMILES string of the molecule is CCc1noc([C@H](C)NC(=O)N2CCC(O)(c3ccc(Cl)cc3)CC2)n1. The van der Waals surface area contributed by atoms with E-state index < -0.39 is 5.60 Å². The molecule has 0 unspecified atom stereocenters. The van der Waals surface area contributed by atoms with Crippen LogP contribution in [0.1, 0.15) is 50.0 Å². The van der Waals surface area contributed by atoms with Crippen molar-refractivity contribution in [1.82, 2.24) is 20.4 Å². The Morgan fingerprint density at radius 1 is 1.38 bits per heavy atom. The number of carbonyl (C=O) groups is 1. The summed E-state index contributed by atoms with van der Waals surface area (Å²) in [5.41, 5.74) is -0.108. The van der Waals surface area contributed by atoms with Crippen LogP contribution in [0.2, 0.25) is 5.02 Å². The fourth-order valence-electron chi connectivity index (χ4n) is 3.05. The van der Waals surface area contributed by atoms with Gasteiger partial charge in [0.15, 0.2) is 5.82 Å². The Kier molecular flexibility index (Phi) is 5.48. The average molecular weight is 379 g/mol. The number of urea groups is 1. The molecule has 0 radical (unpaired) electrons. The van der Waals surface area contributed by atoms with E-state index in [9.17, 15) is 9.90 Å². The van der Waals surface area contributed by atoms with Gasteiger partial charge in [0.05, 0.1) is 5.60 Å². The maximum Gasteiger partial charge on any atom is 0.318 e.